The lowest BCUT2D eigenvalue weighted by Crippen LogP contribution is -2.46. The van der Waals surface area contributed by atoms with Gasteiger partial charge < -0.3 is 5.32 Å². The molecule has 6 rings (SSSR count). The second kappa shape index (κ2) is 5.29. The van der Waals surface area contributed by atoms with E-state index in [1.165, 1.54) is 4.90 Å². The topological polar surface area (TPSA) is 66.5 Å². The Morgan fingerprint density at radius 3 is 2.31 bits per heavy atom. The van der Waals surface area contributed by atoms with Gasteiger partial charge in [0.15, 0.2) is 0 Å². The van der Waals surface area contributed by atoms with Gasteiger partial charge in [-0.2, -0.15) is 0 Å². The van der Waals surface area contributed by atoms with Gasteiger partial charge in [-0.25, -0.2) is 0 Å². The third kappa shape index (κ3) is 2.06. The van der Waals surface area contributed by atoms with Crippen molar-refractivity contribution in [2.75, 3.05) is 5.32 Å². The van der Waals surface area contributed by atoms with Gasteiger partial charge in [0.2, 0.25) is 17.7 Å². The largest absolute Gasteiger partial charge is 0.324 e. The number of anilines is 1. The summed E-state index contributed by atoms with van der Waals surface area (Å²) < 4.78 is 0. The van der Waals surface area contributed by atoms with E-state index in [0.29, 0.717) is 17.5 Å². The molecular weight excluding hydrogens is 328 g/mol. The van der Waals surface area contributed by atoms with Crippen molar-refractivity contribution < 1.29 is 14.4 Å². The number of benzene rings is 1. The number of likely N-dealkylation sites (tertiary alicyclic amines) is 1. The summed E-state index contributed by atoms with van der Waals surface area (Å²) in [4.78, 5) is 40.0. The average molecular weight is 350 g/mol. The van der Waals surface area contributed by atoms with Crippen molar-refractivity contribution >= 4 is 23.4 Å². The average Bonchev–Trinajstić information content (AvgIpc) is 3.39. The number of aryl methyl sites for hydroxylation is 1. The minimum Gasteiger partial charge on any atom is -0.324 e. The highest BCUT2D eigenvalue weighted by Crippen LogP contribution is 2.65. The number of nitrogens with one attached hydrogen (secondary N) is 1. The van der Waals surface area contributed by atoms with Crippen molar-refractivity contribution in [2.45, 2.75) is 26.3 Å². The molecule has 1 aromatic carbocycles. The summed E-state index contributed by atoms with van der Waals surface area (Å²) in [5.41, 5.74) is 1.72. The Bertz CT molecular complexity index is 825. The van der Waals surface area contributed by atoms with E-state index >= 15 is 0 Å². The zero-order valence-electron chi connectivity index (χ0n) is 14.9. The lowest BCUT2D eigenvalue weighted by atomic mass is 9.63. The van der Waals surface area contributed by atoms with Crippen LogP contribution in [0.4, 0.5) is 5.69 Å². The fourth-order valence-corrected chi connectivity index (χ4v) is 5.45. The highest BCUT2D eigenvalue weighted by molar-refractivity contribution is 6.10. The molecule has 3 amide bonds. The van der Waals surface area contributed by atoms with Crippen LogP contribution in [0.2, 0.25) is 0 Å². The minimum absolute atomic E-state index is 0.156. The normalized spacial score (nSPS) is 37.4. The minimum atomic E-state index is -0.795. The molecule has 0 radical (unpaired) electrons. The first-order valence-electron chi connectivity index (χ1n) is 9.40. The molecule has 1 N–H and O–H groups in total. The molecule has 134 valence electrons. The Morgan fingerprint density at radius 2 is 1.73 bits per heavy atom. The van der Waals surface area contributed by atoms with Crippen LogP contribution < -0.4 is 5.32 Å². The smallest absolute Gasteiger partial charge is 0.247 e. The molecule has 3 fully saturated rings. The van der Waals surface area contributed by atoms with Gasteiger partial charge in [-0.1, -0.05) is 24.3 Å². The third-order valence-corrected chi connectivity index (χ3v) is 6.75. The Labute approximate surface area is 152 Å². The number of nitrogens with zero attached hydrogens (tertiary/aromatic N) is 1. The molecule has 1 aromatic rings. The van der Waals surface area contributed by atoms with Crippen molar-refractivity contribution in [3.63, 3.8) is 0 Å². The van der Waals surface area contributed by atoms with Gasteiger partial charge >= 0.3 is 0 Å². The number of carbonyl (C=O) groups is 3. The highest BCUT2D eigenvalue weighted by atomic mass is 16.2. The second-order valence-corrected chi connectivity index (χ2v) is 8.24. The van der Waals surface area contributed by atoms with Gasteiger partial charge in [-0.15, -0.1) is 0 Å². The van der Waals surface area contributed by atoms with E-state index in [4.69, 9.17) is 0 Å². The quantitative estimate of drug-likeness (QED) is 0.672. The lowest BCUT2D eigenvalue weighted by molar-refractivity contribution is -0.146. The Morgan fingerprint density at radius 1 is 1.12 bits per heavy atom. The molecule has 1 heterocycles. The number of allylic oxidation sites excluding steroid dienone is 2. The van der Waals surface area contributed by atoms with Gasteiger partial charge in [0.1, 0.15) is 6.04 Å². The maximum Gasteiger partial charge on any atom is 0.247 e. The van der Waals surface area contributed by atoms with Crippen LogP contribution in [-0.4, -0.2) is 28.7 Å². The van der Waals surface area contributed by atoms with E-state index in [-0.39, 0.29) is 41.4 Å². The molecule has 0 spiro atoms. The summed E-state index contributed by atoms with van der Waals surface area (Å²) >= 11 is 0. The Hall–Kier alpha value is -2.43. The van der Waals surface area contributed by atoms with Crippen LogP contribution in [0.5, 0.6) is 0 Å². The Kier molecular flexibility index (Phi) is 3.21. The van der Waals surface area contributed by atoms with Crippen LogP contribution in [0.25, 0.3) is 0 Å². The van der Waals surface area contributed by atoms with E-state index in [1.807, 2.05) is 31.2 Å². The van der Waals surface area contributed by atoms with Gasteiger partial charge in [-0.3, -0.25) is 19.3 Å². The predicted octanol–water partition coefficient (Wildman–Crippen LogP) is 2.38. The number of imide groups is 1. The van der Waals surface area contributed by atoms with E-state index in [9.17, 15) is 14.4 Å². The van der Waals surface area contributed by atoms with Crippen molar-refractivity contribution in [1.29, 1.82) is 0 Å². The van der Waals surface area contributed by atoms with E-state index in [1.54, 1.807) is 6.92 Å². The van der Waals surface area contributed by atoms with E-state index < -0.39 is 6.04 Å². The zero-order chi connectivity index (χ0) is 18.2. The molecule has 1 saturated heterocycles. The molecule has 2 saturated carbocycles. The fraction of sp³-hybridized carbons (Fsp3) is 0.476. The van der Waals surface area contributed by atoms with Crippen LogP contribution in [0.1, 0.15) is 18.9 Å². The highest BCUT2D eigenvalue weighted by Gasteiger charge is 2.67. The molecule has 0 aromatic heterocycles. The first kappa shape index (κ1) is 15.8. The van der Waals surface area contributed by atoms with Crippen LogP contribution in [0.15, 0.2) is 36.4 Å². The van der Waals surface area contributed by atoms with Crippen LogP contribution >= 0.6 is 0 Å². The molecular formula is C21H22N2O3. The maximum atomic E-state index is 13.0. The molecule has 1 aliphatic heterocycles. The molecule has 4 aliphatic carbocycles. The maximum absolute atomic E-state index is 13.0. The number of amides is 3. The predicted molar refractivity (Wildman–Crippen MR) is 95.8 cm³/mol. The van der Waals surface area contributed by atoms with Crippen molar-refractivity contribution in [2.24, 2.45) is 35.5 Å². The lowest BCUT2D eigenvalue weighted by Gasteiger charge is -2.37. The van der Waals surface area contributed by atoms with Gasteiger partial charge in [-0.05, 0) is 61.6 Å². The van der Waals surface area contributed by atoms with E-state index in [0.717, 1.165) is 12.0 Å². The first-order chi connectivity index (χ1) is 12.5. The van der Waals surface area contributed by atoms with Gasteiger partial charge in [0, 0.05) is 5.69 Å². The second-order valence-electron chi connectivity index (χ2n) is 8.24. The molecule has 7 atom stereocenters. The summed E-state index contributed by atoms with van der Waals surface area (Å²) in [6.45, 7) is 3.60. The Balaban J connectivity index is 1.38. The van der Waals surface area contributed by atoms with Gasteiger partial charge in [0.25, 0.3) is 0 Å². The number of rotatable bonds is 3. The molecule has 5 aliphatic rings. The standard InChI is InChI=1S/C21H22N2O3/c1-10-4-3-5-12(8-10)22-19(24)11(2)23-20(25)17-13-6-7-14(16-9-15(13)16)18(17)21(23)26/h3-8,11,13-18H,9H2,1-2H3,(H,22,24)/t11-,13-,14-,15-,16-,17+,18+/m0/s1. The van der Waals surface area contributed by atoms with Crippen molar-refractivity contribution in [1.82, 2.24) is 4.90 Å². The number of carbonyl (C=O) groups excluding carboxylic acids is 3. The zero-order valence-corrected chi connectivity index (χ0v) is 14.9. The van der Waals surface area contributed by atoms with Gasteiger partial charge in [0.05, 0.1) is 11.8 Å². The summed E-state index contributed by atoms with van der Waals surface area (Å²) in [5.74, 6) is 0.367. The van der Waals surface area contributed by atoms with E-state index in [2.05, 4.69) is 17.5 Å². The summed E-state index contributed by atoms with van der Waals surface area (Å²) in [6, 6.07) is 6.70. The summed E-state index contributed by atoms with van der Waals surface area (Å²) in [7, 11) is 0. The van der Waals surface area contributed by atoms with Crippen molar-refractivity contribution in [3.8, 4) is 0 Å². The SMILES string of the molecule is Cc1cccc(NC(=O)[C@H](C)N2C(=O)[C@@H]3[C@H]4C=C[C@@H]([C@@H]5C[C@@H]45)[C@H]3C2=O)c1. The van der Waals surface area contributed by atoms with Crippen LogP contribution in [0.3, 0.4) is 0 Å². The monoisotopic (exact) mass is 350 g/mol. The molecule has 26 heavy (non-hydrogen) atoms. The molecule has 2 bridgehead atoms. The first-order valence-corrected chi connectivity index (χ1v) is 9.40. The number of hydrogen-bond acceptors (Lipinski definition) is 3. The molecule has 5 nitrogen and oxygen atoms in total. The number of hydrogen-bond donors (Lipinski definition) is 1. The summed E-state index contributed by atoms with van der Waals surface area (Å²) in [5, 5.41) is 2.84. The molecule has 5 heteroatoms. The van der Waals surface area contributed by atoms with Crippen LogP contribution in [-0.2, 0) is 14.4 Å². The third-order valence-electron chi connectivity index (χ3n) is 6.75. The van der Waals surface area contributed by atoms with Crippen molar-refractivity contribution in [3.05, 3.63) is 42.0 Å². The summed E-state index contributed by atoms with van der Waals surface area (Å²) in [6.07, 6.45) is 5.43. The molecule has 0 unspecified atom stereocenters. The fourth-order valence-electron chi connectivity index (χ4n) is 5.45. The van der Waals surface area contributed by atoms with Crippen LogP contribution in [0, 0.1) is 42.4 Å².